The van der Waals surface area contributed by atoms with E-state index in [1.165, 1.54) is 41.7 Å². The number of para-hydroxylation sites is 1. The van der Waals surface area contributed by atoms with Gasteiger partial charge in [0, 0.05) is 85.8 Å². The summed E-state index contributed by atoms with van der Waals surface area (Å²) < 4.78 is 0. The van der Waals surface area contributed by atoms with Crippen LogP contribution >= 0.6 is 11.6 Å². The smallest absolute Gasteiger partial charge is 0.245 e. The number of aliphatic hydroxyl groups excluding tert-OH is 1. The predicted octanol–water partition coefficient (Wildman–Crippen LogP) is -1.47. The Bertz CT molecular complexity index is 3530. The lowest BCUT2D eigenvalue weighted by atomic mass is 9.99. The first kappa shape index (κ1) is 72.3. The quantitative estimate of drug-likeness (QED) is 0.0127. The van der Waals surface area contributed by atoms with Crippen molar-refractivity contribution in [3.8, 4) is 5.75 Å². The highest BCUT2D eigenvalue weighted by Crippen LogP contribution is 2.23. The minimum absolute atomic E-state index is 0.00148. The molecule has 2 aliphatic heterocycles. The number of nitrogens with one attached hydrogen (secondary N) is 12. The minimum Gasteiger partial charge on any atom is -0.508 e. The Morgan fingerprint density at radius 2 is 1.27 bits per heavy atom. The van der Waals surface area contributed by atoms with Crippen molar-refractivity contribution in [2.45, 2.75) is 146 Å². The summed E-state index contributed by atoms with van der Waals surface area (Å²) in [5, 5.41) is 48.7. The van der Waals surface area contributed by atoms with Crippen molar-refractivity contribution < 1.29 is 63.0 Å². The van der Waals surface area contributed by atoms with Gasteiger partial charge < -0.3 is 89.7 Å². The second-order valence-corrected chi connectivity index (χ2v) is 24.2. The Hall–Kier alpha value is -10.1. The van der Waals surface area contributed by atoms with E-state index in [1.807, 2.05) is 0 Å². The van der Waals surface area contributed by atoms with E-state index in [4.69, 9.17) is 23.1 Å². The van der Waals surface area contributed by atoms with Crippen LogP contribution in [0.2, 0.25) is 5.02 Å². The second kappa shape index (κ2) is 35.2. The number of carbonyl (C=O) groups excluding carboxylic acids is 11. The molecule has 11 amide bonds. The summed E-state index contributed by atoms with van der Waals surface area (Å²) in [5.41, 5.74) is 13.8. The van der Waals surface area contributed by atoms with Crippen LogP contribution in [0.3, 0.4) is 0 Å². The van der Waals surface area contributed by atoms with E-state index in [1.54, 1.807) is 75.5 Å². The average Bonchev–Trinajstić information content (AvgIpc) is 1.76. The van der Waals surface area contributed by atoms with Crippen LogP contribution in [0, 0.1) is 5.92 Å². The lowest BCUT2D eigenvalue weighted by Gasteiger charge is -2.30. The number of amides is 11. The number of aromatic nitrogens is 3. The Morgan fingerprint density at radius 1 is 0.695 bits per heavy atom. The maximum atomic E-state index is 15.0. The third-order valence-electron chi connectivity index (χ3n) is 16.0. The third kappa shape index (κ3) is 21.7. The van der Waals surface area contributed by atoms with E-state index in [-0.39, 0.29) is 107 Å². The number of H-pyrrole nitrogens is 2. The average molecular weight is 1330 g/mol. The SMILES string of the molecule is CCNC(=O)CNC(=O)[C@@H]1CCCN1C(=O)[C@H](CCCN=C(N)N)NC(=O)[C@H](CC(C)C)NC(=O)[C@@H](Cc1ccc(Cl)cc1)NC(=O)[C@H](Cc1ccc(O)cc1)NC(=O)[C@H](CO)NC(=O)[C@H](Cc1c[nH]c2ccccc12)NC(=O)[C@H](Cc1cnc[nH]1)NC(=O)[C@@H]1CCC(=O)N1. The topological polar surface area (TPSA) is 461 Å². The summed E-state index contributed by atoms with van der Waals surface area (Å²) in [6.07, 6.45) is 4.88. The number of aromatic amines is 2. The van der Waals surface area contributed by atoms with Gasteiger partial charge in [-0.15, -0.1) is 0 Å². The fourth-order valence-corrected chi connectivity index (χ4v) is 11.2. The van der Waals surface area contributed by atoms with Gasteiger partial charge in [0.1, 0.15) is 60.1 Å². The van der Waals surface area contributed by atoms with Crippen LogP contribution in [-0.2, 0) is 78.4 Å². The molecule has 2 saturated heterocycles. The van der Waals surface area contributed by atoms with Gasteiger partial charge in [0.15, 0.2) is 5.96 Å². The van der Waals surface area contributed by atoms with Crippen molar-refractivity contribution in [1.82, 2.24) is 73.0 Å². The van der Waals surface area contributed by atoms with Gasteiger partial charge in [-0.05, 0) is 98.4 Å². The van der Waals surface area contributed by atoms with E-state index in [0.29, 0.717) is 51.3 Å². The first-order valence-electron chi connectivity index (χ1n) is 31.5. The van der Waals surface area contributed by atoms with Gasteiger partial charge in [-0.3, -0.25) is 57.7 Å². The maximum absolute atomic E-state index is 15.0. The van der Waals surface area contributed by atoms with Crippen molar-refractivity contribution >= 4 is 93.4 Å². The van der Waals surface area contributed by atoms with Crippen molar-refractivity contribution in [3.05, 3.63) is 119 Å². The fourth-order valence-electron chi connectivity index (χ4n) is 11.1. The molecule has 3 aromatic carbocycles. The molecule has 95 heavy (non-hydrogen) atoms. The molecule has 0 radical (unpaired) electrons. The van der Waals surface area contributed by atoms with Crippen molar-refractivity contribution in [3.63, 3.8) is 0 Å². The van der Waals surface area contributed by atoms with Crippen molar-refractivity contribution in [2.24, 2.45) is 22.4 Å². The largest absolute Gasteiger partial charge is 0.508 e. The monoisotopic (exact) mass is 1330 g/mol. The van der Waals surface area contributed by atoms with E-state index in [9.17, 15) is 63.0 Å². The summed E-state index contributed by atoms with van der Waals surface area (Å²) in [6.45, 7) is 4.55. The molecule has 31 heteroatoms. The van der Waals surface area contributed by atoms with Gasteiger partial charge in [0.05, 0.1) is 19.5 Å². The molecule has 0 saturated carbocycles. The summed E-state index contributed by atoms with van der Waals surface area (Å²) in [7, 11) is 0. The first-order valence-corrected chi connectivity index (χ1v) is 31.8. The van der Waals surface area contributed by atoms with Crippen LogP contribution in [-0.4, -0.2) is 188 Å². The molecule has 0 unspecified atom stereocenters. The number of rotatable bonds is 34. The Labute approximate surface area is 552 Å². The van der Waals surface area contributed by atoms with E-state index >= 15 is 0 Å². The number of halogens is 1. The maximum Gasteiger partial charge on any atom is 0.245 e. The van der Waals surface area contributed by atoms with Crippen molar-refractivity contribution in [2.75, 3.05) is 32.8 Å². The first-order chi connectivity index (χ1) is 45.5. The highest BCUT2D eigenvalue weighted by atomic mass is 35.5. The number of fused-ring (bicyclic) bond motifs is 1. The Kier molecular flexibility index (Phi) is 26.8. The molecule has 30 nitrogen and oxygen atoms in total. The number of nitrogens with two attached hydrogens (primary N) is 2. The number of imidazole rings is 1. The van der Waals surface area contributed by atoms with Gasteiger partial charge in [0.25, 0.3) is 0 Å². The number of aliphatic hydroxyl groups is 1. The molecule has 0 aliphatic carbocycles. The van der Waals surface area contributed by atoms with Gasteiger partial charge in [-0.1, -0.05) is 67.9 Å². The Morgan fingerprint density at radius 3 is 1.86 bits per heavy atom. The van der Waals surface area contributed by atoms with Crippen LogP contribution < -0.4 is 64.6 Å². The molecule has 4 heterocycles. The number of phenols is 1. The minimum atomic E-state index is -1.80. The molecule has 5 aromatic rings. The zero-order chi connectivity index (χ0) is 68.7. The fraction of sp³-hybridized carbons (Fsp3) is 0.453. The number of aromatic hydroxyl groups is 1. The number of hydrogen-bond acceptors (Lipinski definition) is 15. The van der Waals surface area contributed by atoms with Gasteiger partial charge in [-0.25, -0.2) is 4.98 Å². The third-order valence-corrected chi connectivity index (χ3v) is 16.3. The number of benzene rings is 3. The van der Waals surface area contributed by atoms with Crippen LogP contribution in [0.25, 0.3) is 10.9 Å². The van der Waals surface area contributed by atoms with Crippen LogP contribution in [0.4, 0.5) is 0 Å². The Balaban J connectivity index is 1.13. The molecule has 0 bridgehead atoms. The molecule has 2 fully saturated rings. The number of carbonyl (C=O) groups is 11. The summed E-state index contributed by atoms with van der Waals surface area (Å²) in [5.74, 6) is -8.63. The molecule has 2 aliphatic rings. The number of guanidine groups is 1. The molecule has 2 aromatic heterocycles. The van der Waals surface area contributed by atoms with E-state index < -0.39 is 120 Å². The number of likely N-dealkylation sites (tertiary alicyclic amines) is 1. The van der Waals surface area contributed by atoms with Gasteiger partial charge in [0.2, 0.25) is 65.0 Å². The predicted molar refractivity (Wildman–Crippen MR) is 349 cm³/mol. The molecule has 510 valence electrons. The normalized spacial score (nSPS) is 16.5. The molecule has 7 rings (SSSR count). The lowest BCUT2D eigenvalue weighted by molar-refractivity contribution is -0.142. The second-order valence-electron chi connectivity index (χ2n) is 23.8. The lowest BCUT2D eigenvalue weighted by Crippen LogP contribution is -2.61. The number of phenolic OH excluding ortho intramolecular Hbond substituents is 1. The number of nitrogens with zero attached hydrogens (tertiary/aromatic N) is 3. The number of likely N-dealkylation sites (N-methyl/N-ethyl adjacent to an activating group) is 1. The molecular formula is C64H84ClN17O13. The molecule has 9 atom stereocenters. The summed E-state index contributed by atoms with van der Waals surface area (Å²) in [6, 6.07) is 6.96. The number of aliphatic imine (C=N–C) groups is 1. The van der Waals surface area contributed by atoms with Gasteiger partial charge in [-0.2, -0.15) is 0 Å². The van der Waals surface area contributed by atoms with Crippen LogP contribution in [0.1, 0.15) is 88.1 Å². The molecular weight excluding hydrogens is 1250 g/mol. The summed E-state index contributed by atoms with van der Waals surface area (Å²) in [4.78, 5) is 169. The number of hydrogen-bond donors (Lipinski definition) is 16. The standard InChI is InChI=1S/C64H84ClN17O13/c1-4-69-54(86)32-72-62(94)52-12-8-24-82(52)63(95)45(11-7-23-70-64(66)67)75-56(88)46(25-35(2)3)76-57(89)47(26-36-13-17-39(65)18-14-36)77-58(90)48(27-37-15-19-41(84)20-16-37)78-61(93)51(33-83)81-59(91)49(28-38-30-71-43-10-6-5-9-42(38)43)79-60(92)50(29-40-31-68-34-73-40)80-55(87)44-21-22-53(85)74-44/h5-6,9-10,13-20,30-31,34-35,44-52,71,83-84H,4,7-8,11-12,21-29,32-33H2,1-3H3,(H,68,73)(H,69,86)(H,72,94)(H,74,85)(H,75,88)(H,76,89)(H,77,90)(H,78,93)(H,79,92)(H,80,87)(H,81,91)(H4,66,67,70)/t44-,45-,46-,47+,48-,49-,50-,51-,52-/m0/s1. The molecule has 18 N–H and O–H groups in total. The van der Waals surface area contributed by atoms with Crippen molar-refractivity contribution in [1.29, 1.82) is 0 Å². The van der Waals surface area contributed by atoms with E-state index in [0.717, 1.165) is 0 Å². The zero-order valence-corrected chi connectivity index (χ0v) is 53.8. The molecule has 0 spiro atoms. The van der Waals surface area contributed by atoms with Gasteiger partial charge >= 0.3 is 0 Å². The van der Waals surface area contributed by atoms with E-state index in [2.05, 4.69) is 73.1 Å². The highest BCUT2D eigenvalue weighted by molar-refractivity contribution is 6.30. The zero-order valence-electron chi connectivity index (χ0n) is 53.0. The van der Waals surface area contributed by atoms with Crippen LogP contribution in [0.15, 0.2) is 96.5 Å². The van der Waals surface area contributed by atoms with Crippen LogP contribution in [0.5, 0.6) is 5.75 Å². The highest BCUT2D eigenvalue weighted by Gasteiger charge is 2.40. The summed E-state index contributed by atoms with van der Waals surface area (Å²) >= 11 is 6.26.